The van der Waals surface area contributed by atoms with E-state index in [1.54, 1.807) is 0 Å². The van der Waals surface area contributed by atoms with E-state index in [0.717, 1.165) is 38.4 Å². The summed E-state index contributed by atoms with van der Waals surface area (Å²) in [6, 6.07) is 0.541. The van der Waals surface area contributed by atoms with Crippen molar-refractivity contribution in [2.24, 2.45) is 5.92 Å². The van der Waals surface area contributed by atoms with Gasteiger partial charge >= 0.3 is 0 Å². The molecule has 1 aliphatic carbocycles. The van der Waals surface area contributed by atoms with E-state index in [9.17, 15) is 4.79 Å². The van der Waals surface area contributed by atoms with Gasteiger partial charge in [0.1, 0.15) is 0 Å². The molecule has 1 saturated carbocycles. The second-order valence-corrected chi connectivity index (χ2v) is 6.20. The Balaban J connectivity index is 0.00000200. The number of nitrogens with zero attached hydrogens (tertiary/aromatic N) is 1. The van der Waals surface area contributed by atoms with Crippen LogP contribution in [0.15, 0.2) is 0 Å². The van der Waals surface area contributed by atoms with E-state index in [2.05, 4.69) is 17.1 Å². The van der Waals surface area contributed by atoms with Crippen LogP contribution in [0, 0.1) is 5.92 Å². The molecule has 1 aliphatic heterocycles. The Bertz CT molecular complexity index is 274. The highest BCUT2D eigenvalue weighted by atomic mass is 35.5. The summed E-state index contributed by atoms with van der Waals surface area (Å²) in [4.78, 5) is 14.6. The molecule has 1 N–H and O–H groups in total. The zero-order valence-electron chi connectivity index (χ0n) is 12.9. The second kappa shape index (κ2) is 9.62. The first-order chi connectivity index (χ1) is 9.31. The van der Waals surface area contributed by atoms with Crippen molar-refractivity contribution in [3.8, 4) is 0 Å². The monoisotopic (exact) mass is 302 g/mol. The first kappa shape index (κ1) is 17.8. The molecular formula is C16H31ClN2O. The van der Waals surface area contributed by atoms with Crippen molar-refractivity contribution in [1.29, 1.82) is 0 Å². The largest absolute Gasteiger partial charge is 0.340 e. The Morgan fingerprint density at radius 1 is 1.10 bits per heavy atom. The molecule has 1 saturated heterocycles. The lowest BCUT2D eigenvalue weighted by atomic mass is 9.91. The molecule has 0 atom stereocenters. The molecule has 0 spiro atoms. The molecule has 1 amide bonds. The van der Waals surface area contributed by atoms with Crippen LogP contribution in [-0.4, -0.2) is 36.5 Å². The molecule has 0 aromatic rings. The zero-order valence-corrected chi connectivity index (χ0v) is 13.7. The maximum Gasteiger partial charge on any atom is 0.222 e. The van der Waals surface area contributed by atoms with E-state index in [1.807, 2.05) is 0 Å². The number of amides is 1. The van der Waals surface area contributed by atoms with Crippen LogP contribution < -0.4 is 5.32 Å². The molecule has 0 aromatic carbocycles. The number of carbonyl (C=O) groups excluding carboxylic acids is 1. The van der Waals surface area contributed by atoms with Crippen molar-refractivity contribution in [3.05, 3.63) is 0 Å². The minimum atomic E-state index is 0. The molecule has 20 heavy (non-hydrogen) atoms. The molecule has 1 heterocycles. The first-order valence-corrected chi connectivity index (χ1v) is 8.31. The number of rotatable bonds is 5. The van der Waals surface area contributed by atoms with Gasteiger partial charge in [0.25, 0.3) is 0 Å². The smallest absolute Gasteiger partial charge is 0.222 e. The molecule has 0 unspecified atom stereocenters. The van der Waals surface area contributed by atoms with Crippen molar-refractivity contribution in [3.63, 3.8) is 0 Å². The maximum atomic E-state index is 12.4. The van der Waals surface area contributed by atoms with Gasteiger partial charge in [-0.05, 0) is 58.0 Å². The quantitative estimate of drug-likeness (QED) is 0.844. The topological polar surface area (TPSA) is 32.3 Å². The van der Waals surface area contributed by atoms with Crippen LogP contribution in [0.25, 0.3) is 0 Å². The molecule has 118 valence electrons. The fraction of sp³-hybridized carbons (Fsp3) is 0.938. The van der Waals surface area contributed by atoms with Gasteiger partial charge in [-0.2, -0.15) is 0 Å². The summed E-state index contributed by atoms with van der Waals surface area (Å²) in [6.45, 7) is 5.31. The second-order valence-electron chi connectivity index (χ2n) is 6.20. The van der Waals surface area contributed by atoms with Crippen LogP contribution in [0.5, 0.6) is 0 Å². The minimum absolute atomic E-state index is 0. The summed E-state index contributed by atoms with van der Waals surface area (Å²) in [5.41, 5.74) is 0. The van der Waals surface area contributed by atoms with Crippen LogP contribution in [0.4, 0.5) is 0 Å². The zero-order chi connectivity index (χ0) is 13.5. The van der Waals surface area contributed by atoms with Crippen LogP contribution in [0.1, 0.15) is 64.7 Å². The predicted molar refractivity (Wildman–Crippen MR) is 86.3 cm³/mol. The third kappa shape index (κ3) is 5.25. The molecule has 4 heteroatoms. The molecule has 3 nitrogen and oxygen atoms in total. The Hall–Kier alpha value is -0.280. The van der Waals surface area contributed by atoms with Gasteiger partial charge in [0.2, 0.25) is 5.91 Å². The van der Waals surface area contributed by atoms with E-state index >= 15 is 0 Å². The highest BCUT2D eigenvalue weighted by Crippen LogP contribution is 2.24. The van der Waals surface area contributed by atoms with Crippen LogP contribution in [-0.2, 0) is 4.79 Å². The Labute approximate surface area is 130 Å². The van der Waals surface area contributed by atoms with E-state index < -0.39 is 0 Å². The van der Waals surface area contributed by atoms with E-state index in [1.165, 1.54) is 44.9 Å². The van der Waals surface area contributed by atoms with Crippen LogP contribution >= 0.6 is 12.4 Å². The molecule has 2 aliphatic rings. The summed E-state index contributed by atoms with van der Waals surface area (Å²) in [7, 11) is 0. The third-order valence-corrected chi connectivity index (χ3v) is 4.90. The highest BCUT2D eigenvalue weighted by molar-refractivity contribution is 5.85. The normalized spacial score (nSPS) is 21.2. The summed E-state index contributed by atoms with van der Waals surface area (Å²) < 4.78 is 0. The number of piperidine rings is 1. The van der Waals surface area contributed by atoms with Gasteiger partial charge in [-0.15, -0.1) is 12.4 Å². The lowest BCUT2D eigenvalue weighted by molar-refractivity contribution is -0.134. The Morgan fingerprint density at radius 3 is 2.35 bits per heavy atom. The lowest BCUT2D eigenvalue weighted by Crippen LogP contribution is -2.41. The third-order valence-electron chi connectivity index (χ3n) is 4.90. The maximum absolute atomic E-state index is 12.4. The molecule has 0 aromatic heterocycles. The SMILES string of the molecule is CCN(C(=O)CCC1CCNCC1)C1CCCCC1.Cl. The fourth-order valence-corrected chi connectivity index (χ4v) is 3.67. The number of hydrogen-bond acceptors (Lipinski definition) is 2. The number of nitrogens with one attached hydrogen (secondary N) is 1. The average Bonchev–Trinajstić information content (AvgIpc) is 2.48. The van der Waals surface area contributed by atoms with Gasteiger partial charge in [-0.25, -0.2) is 0 Å². The van der Waals surface area contributed by atoms with Gasteiger partial charge in [0.15, 0.2) is 0 Å². The van der Waals surface area contributed by atoms with Crippen molar-refractivity contribution < 1.29 is 4.79 Å². The van der Waals surface area contributed by atoms with Crippen molar-refractivity contribution in [2.45, 2.75) is 70.8 Å². The van der Waals surface area contributed by atoms with Crippen molar-refractivity contribution >= 4 is 18.3 Å². The lowest BCUT2D eigenvalue weighted by Gasteiger charge is -2.34. The molecule has 0 radical (unpaired) electrons. The predicted octanol–water partition coefficient (Wildman–Crippen LogP) is 3.37. The van der Waals surface area contributed by atoms with Gasteiger partial charge < -0.3 is 10.2 Å². The van der Waals surface area contributed by atoms with Gasteiger partial charge in [0.05, 0.1) is 0 Å². The number of carbonyl (C=O) groups is 1. The molecular weight excluding hydrogens is 272 g/mol. The van der Waals surface area contributed by atoms with Gasteiger partial charge in [0, 0.05) is 19.0 Å². The summed E-state index contributed by atoms with van der Waals surface area (Å²) >= 11 is 0. The molecule has 2 fully saturated rings. The Morgan fingerprint density at radius 2 is 1.75 bits per heavy atom. The minimum Gasteiger partial charge on any atom is -0.340 e. The summed E-state index contributed by atoms with van der Waals surface area (Å²) in [5, 5.41) is 3.39. The fourth-order valence-electron chi connectivity index (χ4n) is 3.67. The van der Waals surface area contributed by atoms with Gasteiger partial charge in [-0.1, -0.05) is 19.3 Å². The standard InChI is InChI=1S/C16H30N2O.ClH/c1-2-18(15-6-4-3-5-7-15)16(19)9-8-14-10-12-17-13-11-14;/h14-15,17H,2-13H2,1H3;1H. The highest BCUT2D eigenvalue weighted by Gasteiger charge is 2.24. The molecule has 0 bridgehead atoms. The number of hydrogen-bond donors (Lipinski definition) is 1. The summed E-state index contributed by atoms with van der Waals surface area (Å²) in [6.07, 6.45) is 10.8. The Kier molecular flexibility index (Phi) is 8.55. The number of halogens is 1. The van der Waals surface area contributed by atoms with Gasteiger partial charge in [-0.3, -0.25) is 4.79 Å². The van der Waals surface area contributed by atoms with Crippen LogP contribution in [0.2, 0.25) is 0 Å². The van der Waals surface area contributed by atoms with E-state index in [0.29, 0.717) is 11.9 Å². The van der Waals surface area contributed by atoms with E-state index in [-0.39, 0.29) is 12.4 Å². The van der Waals surface area contributed by atoms with Crippen molar-refractivity contribution in [1.82, 2.24) is 10.2 Å². The summed E-state index contributed by atoms with van der Waals surface area (Å²) in [5.74, 6) is 1.18. The average molecular weight is 303 g/mol. The van der Waals surface area contributed by atoms with Crippen LogP contribution in [0.3, 0.4) is 0 Å². The molecule has 2 rings (SSSR count). The van der Waals surface area contributed by atoms with Crippen molar-refractivity contribution in [2.75, 3.05) is 19.6 Å². The first-order valence-electron chi connectivity index (χ1n) is 8.31. The van der Waals surface area contributed by atoms with E-state index in [4.69, 9.17) is 0 Å².